The molecule has 2 aromatic rings. The van der Waals surface area contributed by atoms with Crippen LogP contribution < -0.4 is 10.6 Å². The largest absolute Gasteiger partial charge is 0.465 e. The summed E-state index contributed by atoms with van der Waals surface area (Å²) in [5.41, 5.74) is 2.47. The van der Waals surface area contributed by atoms with E-state index < -0.39 is 29.8 Å². The molecular weight excluding hydrogens is 429 g/mol. The lowest BCUT2D eigenvalue weighted by molar-refractivity contribution is -0.136. The van der Waals surface area contributed by atoms with Crippen molar-refractivity contribution in [1.82, 2.24) is 10.2 Å². The Morgan fingerprint density at radius 3 is 2.58 bits per heavy atom. The predicted octanol–water partition coefficient (Wildman–Crippen LogP) is 2.55. The first kappa shape index (κ1) is 22.5. The van der Waals surface area contributed by atoms with Gasteiger partial charge < -0.3 is 25.7 Å². The van der Waals surface area contributed by atoms with Crippen LogP contribution in [0.1, 0.15) is 22.7 Å². The zero-order valence-corrected chi connectivity index (χ0v) is 17.3. The monoisotopic (exact) mass is 449 g/mol. The first-order chi connectivity index (χ1) is 14.7. The van der Waals surface area contributed by atoms with Crippen LogP contribution in [-0.2, 0) is 22.6 Å². The van der Waals surface area contributed by atoms with Gasteiger partial charge in [-0.05, 0) is 41.3 Å². The summed E-state index contributed by atoms with van der Waals surface area (Å²) in [6, 6.07) is 8.38. The third-order valence-corrected chi connectivity index (χ3v) is 5.45. The van der Waals surface area contributed by atoms with Crippen LogP contribution in [0.5, 0.6) is 0 Å². The molecule has 0 radical (unpaired) electrons. The minimum absolute atomic E-state index is 0.0831. The molecule has 0 saturated carbocycles. The van der Waals surface area contributed by atoms with Crippen LogP contribution in [0, 0.1) is 11.7 Å². The number of hydrogen-bond donors (Lipinski definition) is 4. The number of nitrogens with zero attached hydrogens (tertiary/aromatic N) is 1. The molecule has 0 saturated heterocycles. The van der Waals surface area contributed by atoms with Crippen LogP contribution in [0.3, 0.4) is 0 Å². The Morgan fingerprint density at radius 1 is 1.19 bits per heavy atom. The fourth-order valence-electron chi connectivity index (χ4n) is 3.57. The maximum atomic E-state index is 13.5. The third-order valence-electron chi connectivity index (χ3n) is 5.15. The molecule has 0 spiro atoms. The number of aliphatic hydroxyl groups excluding tert-OH is 1. The molecule has 8 nitrogen and oxygen atoms in total. The normalized spacial score (nSPS) is 17.0. The van der Waals surface area contributed by atoms with Gasteiger partial charge in [0, 0.05) is 31.8 Å². The van der Waals surface area contributed by atoms with E-state index >= 15 is 0 Å². The molecule has 0 bridgehead atoms. The van der Waals surface area contributed by atoms with E-state index in [-0.39, 0.29) is 29.8 Å². The number of aliphatic hydroxyl groups is 1. The van der Waals surface area contributed by atoms with Gasteiger partial charge in [0.1, 0.15) is 5.82 Å². The van der Waals surface area contributed by atoms with Gasteiger partial charge >= 0.3 is 17.9 Å². The highest BCUT2D eigenvalue weighted by Gasteiger charge is 2.34. The molecule has 1 aliphatic carbocycles. The molecule has 0 aliphatic heterocycles. The van der Waals surface area contributed by atoms with Gasteiger partial charge in [-0.3, -0.25) is 9.59 Å². The summed E-state index contributed by atoms with van der Waals surface area (Å²) in [5, 5.41) is 23.6. The maximum Gasteiger partial charge on any atom is 0.407 e. The molecule has 0 fully saturated rings. The van der Waals surface area contributed by atoms with Gasteiger partial charge in [-0.2, -0.15) is 0 Å². The molecule has 31 heavy (non-hydrogen) atoms. The lowest BCUT2D eigenvalue weighted by Gasteiger charge is -2.20. The second-order valence-electron chi connectivity index (χ2n) is 7.35. The molecule has 0 aromatic heterocycles. The van der Waals surface area contributed by atoms with Crippen molar-refractivity contribution in [3.05, 3.63) is 63.9 Å². The van der Waals surface area contributed by atoms with E-state index in [0.29, 0.717) is 6.42 Å². The molecule has 0 unspecified atom stereocenters. The number of carboxylic acid groups (broad SMARTS) is 1. The zero-order valence-electron chi connectivity index (χ0n) is 16.6. The van der Waals surface area contributed by atoms with Crippen molar-refractivity contribution >= 4 is 35.2 Å². The molecule has 2 aromatic carbocycles. The lowest BCUT2D eigenvalue weighted by atomic mass is 10.0. The van der Waals surface area contributed by atoms with Gasteiger partial charge in [0.25, 0.3) is 0 Å². The minimum atomic E-state index is -1.05. The highest BCUT2D eigenvalue weighted by molar-refractivity contribution is 6.39. The topological polar surface area (TPSA) is 119 Å². The van der Waals surface area contributed by atoms with Crippen molar-refractivity contribution in [2.24, 2.45) is 5.92 Å². The van der Waals surface area contributed by atoms with Crippen LogP contribution in [-0.4, -0.2) is 46.7 Å². The first-order valence-electron chi connectivity index (χ1n) is 9.43. The maximum absolute atomic E-state index is 13.5. The van der Waals surface area contributed by atoms with E-state index in [1.807, 2.05) is 6.07 Å². The fraction of sp³-hybridized carbons (Fsp3) is 0.286. The molecule has 0 heterocycles. The van der Waals surface area contributed by atoms with Crippen LogP contribution in [0.15, 0.2) is 36.4 Å². The lowest BCUT2D eigenvalue weighted by Crippen LogP contribution is -2.40. The van der Waals surface area contributed by atoms with E-state index in [1.54, 1.807) is 12.1 Å². The molecule has 3 amide bonds. The molecule has 10 heteroatoms. The number of fused-ring (bicyclic) bond motifs is 1. The summed E-state index contributed by atoms with van der Waals surface area (Å²) >= 11 is 5.60. The van der Waals surface area contributed by atoms with Gasteiger partial charge in [-0.15, -0.1) is 0 Å². The smallest absolute Gasteiger partial charge is 0.407 e. The number of carbonyl (C=O) groups is 3. The molecule has 4 N–H and O–H groups in total. The van der Waals surface area contributed by atoms with Gasteiger partial charge in [-0.1, -0.05) is 29.8 Å². The minimum Gasteiger partial charge on any atom is -0.465 e. The van der Waals surface area contributed by atoms with Gasteiger partial charge in [0.15, 0.2) is 0 Å². The summed E-state index contributed by atoms with van der Waals surface area (Å²) in [7, 11) is 1.46. The number of anilines is 1. The summed E-state index contributed by atoms with van der Waals surface area (Å²) in [6.45, 7) is -0.0164. The number of nitrogens with one attached hydrogen (secondary N) is 2. The molecule has 1 aliphatic rings. The average molecular weight is 450 g/mol. The highest BCUT2D eigenvalue weighted by atomic mass is 35.5. The van der Waals surface area contributed by atoms with Crippen LogP contribution in [0.4, 0.5) is 14.9 Å². The van der Waals surface area contributed by atoms with Crippen LogP contribution in [0.2, 0.25) is 5.02 Å². The van der Waals surface area contributed by atoms with Crippen LogP contribution >= 0.6 is 11.6 Å². The summed E-state index contributed by atoms with van der Waals surface area (Å²) < 4.78 is 13.5. The van der Waals surface area contributed by atoms with Crippen LogP contribution in [0.25, 0.3) is 0 Å². The van der Waals surface area contributed by atoms with Crippen molar-refractivity contribution < 1.29 is 29.0 Å². The van der Waals surface area contributed by atoms with E-state index in [9.17, 15) is 23.9 Å². The standard InChI is InChI=1S/C21H21ClFN3O5/c1-26(21(30)31)9-11-2-4-15-12(6-11)7-13(10-27)18(15)25-20(29)19(28)24-14-3-5-16(22)17(23)8-14/h2-6,8,13,18,27H,7,9-10H2,1H3,(H,24,28)(H,25,29)(H,30,31)/t13-,18-/m1/s1. The van der Waals surface area contributed by atoms with E-state index in [2.05, 4.69) is 10.6 Å². The quantitative estimate of drug-likeness (QED) is 0.523. The Labute approximate surface area is 182 Å². The highest BCUT2D eigenvalue weighted by Crippen LogP contribution is 2.36. The fourth-order valence-corrected chi connectivity index (χ4v) is 3.69. The first-order valence-corrected chi connectivity index (χ1v) is 9.81. The number of rotatable bonds is 5. The number of hydrogen-bond acceptors (Lipinski definition) is 4. The van der Waals surface area contributed by atoms with Crippen molar-refractivity contribution in [3.8, 4) is 0 Å². The molecule has 2 atom stereocenters. The van der Waals surface area contributed by atoms with Crippen molar-refractivity contribution in [2.45, 2.75) is 19.0 Å². The predicted molar refractivity (Wildman–Crippen MR) is 111 cm³/mol. The van der Waals surface area contributed by atoms with E-state index in [0.717, 1.165) is 27.7 Å². The van der Waals surface area contributed by atoms with E-state index in [4.69, 9.17) is 16.7 Å². The Morgan fingerprint density at radius 2 is 1.94 bits per heavy atom. The Bertz CT molecular complexity index is 1030. The number of halogens is 2. The van der Waals surface area contributed by atoms with Gasteiger partial charge in [0.2, 0.25) is 0 Å². The molecule has 3 rings (SSSR count). The number of amides is 3. The van der Waals surface area contributed by atoms with Gasteiger partial charge in [-0.25, -0.2) is 9.18 Å². The zero-order chi connectivity index (χ0) is 22.7. The second kappa shape index (κ2) is 9.32. The Hall–Kier alpha value is -3.17. The number of carbonyl (C=O) groups excluding carboxylic acids is 2. The molecular formula is C21H21ClFN3O5. The Balaban J connectivity index is 1.72. The third kappa shape index (κ3) is 5.12. The number of benzene rings is 2. The van der Waals surface area contributed by atoms with E-state index in [1.165, 1.54) is 19.2 Å². The SMILES string of the molecule is CN(Cc1ccc2c(c1)C[C@H](CO)[C@H]2NC(=O)C(=O)Nc1ccc(Cl)c(F)c1)C(=O)O. The van der Waals surface area contributed by atoms with Crippen molar-refractivity contribution in [1.29, 1.82) is 0 Å². The Kier molecular flexibility index (Phi) is 6.77. The summed E-state index contributed by atoms with van der Waals surface area (Å²) in [4.78, 5) is 36.8. The second-order valence-corrected chi connectivity index (χ2v) is 7.76. The van der Waals surface area contributed by atoms with Crippen molar-refractivity contribution in [3.63, 3.8) is 0 Å². The molecule has 164 valence electrons. The van der Waals surface area contributed by atoms with Gasteiger partial charge in [0.05, 0.1) is 11.1 Å². The average Bonchev–Trinajstić information content (AvgIpc) is 3.07. The summed E-state index contributed by atoms with van der Waals surface area (Å²) in [5.74, 6) is -2.98. The summed E-state index contributed by atoms with van der Waals surface area (Å²) in [6.07, 6.45) is -0.587. The van der Waals surface area contributed by atoms with Crippen molar-refractivity contribution in [2.75, 3.05) is 19.0 Å².